The van der Waals surface area contributed by atoms with Crippen molar-refractivity contribution in [2.45, 2.75) is 77.4 Å². The molecule has 5 saturated carbocycles. The van der Waals surface area contributed by atoms with Gasteiger partial charge in [-0.1, -0.05) is 6.92 Å². The molecule has 188 valence electrons. The lowest BCUT2D eigenvalue weighted by Crippen LogP contribution is -2.52. The average Bonchev–Trinajstić information content (AvgIpc) is 3.37. The number of ether oxygens (including phenoxy) is 1. The monoisotopic (exact) mass is 476 g/mol. The van der Waals surface area contributed by atoms with Gasteiger partial charge in [0.2, 0.25) is 0 Å². The Morgan fingerprint density at radius 2 is 1.91 bits per heavy atom. The second-order valence-electron chi connectivity index (χ2n) is 13.4. The van der Waals surface area contributed by atoms with Gasteiger partial charge in [-0.3, -0.25) is 9.48 Å². The topological polar surface area (TPSA) is 64.4 Å². The predicted octanol–water partition coefficient (Wildman–Crippen LogP) is 5.49. The lowest BCUT2D eigenvalue weighted by atomic mass is 9.48. The number of ketones is 1. The summed E-state index contributed by atoms with van der Waals surface area (Å²) >= 11 is 0. The molecule has 1 aromatic carbocycles. The largest absolute Gasteiger partial charge is 0.497 e. The van der Waals surface area contributed by atoms with E-state index in [-0.39, 0.29) is 11.3 Å². The molecule has 0 bridgehead atoms. The summed E-state index contributed by atoms with van der Waals surface area (Å²) in [7, 11) is 1.68. The zero-order valence-corrected chi connectivity index (χ0v) is 21.5. The molecule has 0 unspecified atom stereocenters. The molecule has 0 spiro atoms. The lowest BCUT2D eigenvalue weighted by molar-refractivity contribution is -0.136. The van der Waals surface area contributed by atoms with Gasteiger partial charge in [0, 0.05) is 17.5 Å². The van der Waals surface area contributed by atoms with E-state index >= 15 is 0 Å². The first-order chi connectivity index (χ1) is 16.8. The Morgan fingerprint density at radius 3 is 2.74 bits per heavy atom. The van der Waals surface area contributed by atoms with Crippen LogP contribution >= 0.6 is 0 Å². The molecule has 5 nitrogen and oxygen atoms in total. The summed E-state index contributed by atoms with van der Waals surface area (Å²) in [6.07, 6.45) is 11.5. The fraction of sp³-hybridized carbons (Fsp3) is 0.733. The quantitative estimate of drug-likeness (QED) is 0.634. The highest BCUT2D eigenvalue weighted by Crippen LogP contribution is 2.74. The first-order valence-electron chi connectivity index (χ1n) is 14.0. The molecule has 1 aromatic heterocycles. The molecule has 5 heteroatoms. The number of carbonyl (C=O) groups excluding carboxylic acids is 1. The van der Waals surface area contributed by atoms with E-state index in [0.717, 1.165) is 59.1 Å². The van der Waals surface area contributed by atoms with Gasteiger partial charge in [-0.2, -0.15) is 5.10 Å². The molecule has 1 heterocycles. The van der Waals surface area contributed by atoms with Crippen LogP contribution in [0.5, 0.6) is 5.75 Å². The number of aromatic nitrogens is 2. The van der Waals surface area contributed by atoms with Gasteiger partial charge >= 0.3 is 0 Å². The molecule has 0 saturated heterocycles. The fourth-order valence-electron chi connectivity index (χ4n) is 10.2. The van der Waals surface area contributed by atoms with E-state index in [9.17, 15) is 9.90 Å². The summed E-state index contributed by atoms with van der Waals surface area (Å²) in [5, 5.41) is 16.4. The fourth-order valence-corrected chi connectivity index (χ4v) is 10.2. The zero-order chi connectivity index (χ0) is 24.1. The number of hydrogen-bond acceptors (Lipinski definition) is 4. The molecule has 0 amide bonds. The first-order valence-corrected chi connectivity index (χ1v) is 14.0. The summed E-state index contributed by atoms with van der Waals surface area (Å²) in [5.41, 5.74) is 0.628. The second kappa shape index (κ2) is 7.57. The van der Waals surface area contributed by atoms with Crippen LogP contribution in [0.2, 0.25) is 0 Å². The minimum Gasteiger partial charge on any atom is -0.497 e. The smallest absolute Gasteiger partial charge is 0.158 e. The highest BCUT2D eigenvalue weighted by atomic mass is 16.5. The van der Waals surface area contributed by atoms with E-state index < -0.39 is 5.60 Å². The number of Topliss-reactive ketones (excluding diaryl/α,β-unsaturated/α-hetero) is 1. The molecule has 35 heavy (non-hydrogen) atoms. The van der Waals surface area contributed by atoms with Gasteiger partial charge in [-0.15, -0.1) is 0 Å². The maximum absolute atomic E-state index is 13.9. The van der Waals surface area contributed by atoms with Crippen LogP contribution in [0.15, 0.2) is 24.4 Å². The predicted molar refractivity (Wildman–Crippen MR) is 135 cm³/mol. The Morgan fingerprint density at radius 1 is 1.09 bits per heavy atom. The van der Waals surface area contributed by atoms with Gasteiger partial charge in [-0.25, -0.2) is 0 Å². The minimum atomic E-state index is -0.452. The van der Waals surface area contributed by atoms with Crippen molar-refractivity contribution >= 4 is 16.7 Å². The van der Waals surface area contributed by atoms with Crippen LogP contribution in [0, 0.1) is 52.8 Å². The van der Waals surface area contributed by atoms with Crippen molar-refractivity contribution in [1.82, 2.24) is 9.78 Å². The van der Waals surface area contributed by atoms with Gasteiger partial charge in [0.05, 0.1) is 24.8 Å². The van der Waals surface area contributed by atoms with Crippen LogP contribution < -0.4 is 4.74 Å². The third-order valence-corrected chi connectivity index (χ3v) is 11.4. The van der Waals surface area contributed by atoms with Crippen LogP contribution in [0.3, 0.4) is 0 Å². The Labute approximate surface area is 208 Å². The molecule has 0 aliphatic heterocycles. The highest BCUT2D eigenvalue weighted by Gasteiger charge is 2.70. The van der Waals surface area contributed by atoms with Crippen molar-refractivity contribution in [2.24, 2.45) is 52.8 Å². The Balaban J connectivity index is 1.11. The van der Waals surface area contributed by atoms with Crippen molar-refractivity contribution < 1.29 is 14.6 Å². The number of fused-ring (bicyclic) bond motifs is 8. The summed E-state index contributed by atoms with van der Waals surface area (Å²) in [6.45, 7) is 4.92. The second-order valence-corrected chi connectivity index (χ2v) is 13.4. The van der Waals surface area contributed by atoms with Crippen molar-refractivity contribution in [1.29, 1.82) is 0 Å². The van der Waals surface area contributed by atoms with Crippen molar-refractivity contribution in [3.05, 3.63) is 24.4 Å². The summed E-state index contributed by atoms with van der Waals surface area (Å²) in [4.78, 5) is 13.9. The third-order valence-electron chi connectivity index (χ3n) is 11.4. The van der Waals surface area contributed by atoms with Crippen LogP contribution in [0.1, 0.15) is 65.2 Å². The maximum Gasteiger partial charge on any atom is 0.158 e. The SMILES string of the molecule is COc1ccc2nn(CC(=O)[C@H]3[C@H]4C[C@H]4[C@H]4[C@@H]5CC[C@@H]6C[C@](C)(O)CC[C@@H]6[C@H]5CC[C@@]43C)cc2c1. The van der Waals surface area contributed by atoms with Gasteiger partial charge < -0.3 is 9.84 Å². The number of nitrogens with zero attached hydrogens (tertiary/aromatic N) is 2. The Kier molecular flexibility index (Phi) is 4.83. The molecule has 5 aliphatic carbocycles. The number of rotatable bonds is 4. The van der Waals surface area contributed by atoms with Crippen LogP contribution in [0.25, 0.3) is 10.9 Å². The lowest BCUT2D eigenvalue weighted by Gasteiger charge is -2.57. The summed E-state index contributed by atoms with van der Waals surface area (Å²) in [5.74, 6) is 6.66. The highest BCUT2D eigenvalue weighted by molar-refractivity contribution is 5.84. The molecule has 5 aliphatic rings. The van der Waals surface area contributed by atoms with Crippen LogP contribution in [-0.4, -0.2) is 33.4 Å². The summed E-state index contributed by atoms with van der Waals surface area (Å²) < 4.78 is 7.22. The van der Waals surface area contributed by atoms with E-state index in [1.165, 1.54) is 38.5 Å². The Bertz CT molecular complexity index is 1170. The molecule has 10 atom stereocenters. The minimum absolute atomic E-state index is 0.161. The van der Waals surface area contributed by atoms with E-state index in [1.54, 1.807) is 7.11 Å². The van der Waals surface area contributed by atoms with Crippen molar-refractivity contribution in [3.8, 4) is 5.75 Å². The molecule has 2 aromatic rings. The molecule has 0 radical (unpaired) electrons. The molecular weight excluding hydrogens is 436 g/mol. The van der Waals surface area contributed by atoms with Crippen molar-refractivity contribution in [3.63, 3.8) is 0 Å². The molecular formula is C30H40N2O3. The number of carbonyl (C=O) groups is 1. The van der Waals surface area contributed by atoms with Gasteiger partial charge in [0.15, 0.2) is 5.78 Å². The van der Waals surface area contributed by atoms with Crippen LogP contribution in [-0.2, 0) is 11.3 Å². The van der Waals surface area contributed by atoms with E-state index in [1.807, 2.05) is 36.0 Å². The molecule has 5 fully saturated rings. The standard InChI is InChI=1S/C30H40N2O3/c1-29(34)10-8-20-17(14-29)4-6-22-21(20)9-11-30(2)27(22)23-13-24(23)28(30)26(33)16-32-15-18-12-19(35-3)5-7-25(18)31-32/h5,7,12,15,17,20-24,27-28,34H,4,6,8-11,13-14,16H2,1-3H3/t17-,20+,21-,22-,23-,24+,27-,28-,29-,30+/m1/s1. The number of benzene rings is 1. The third kappa shape index (κ3) is 3.36. The van der Waals surface area contributed by atoms with Crippen molar-refractivity contribution in [2.75, 3.05) is 7.11 Å². The van der Waals surface area contributed by atoms with E-state index in [0.29, 0.717) is 24.2 Å². The van der Waals surface area contributed by atoms with Gasteiger partial charge in [0.1, 0.15) is 5.75 Å². The van der Waals surface area contributed by atoms with Gasteiger partial charge in [-0.05, 0) is 123 Å². The molecule has 1 N–H and O–H groups in total. The van der Waals surface area contributed by atoms with Gasteiger partial charge in [0.25, 0.3) is 0 Å². The van der Waals surface area contributed by atoms with Crippen LogP contribution in [0.4, 0.5) is 0 Å². The number of aliphatic hydroxyl groups is 1. The zero-order valence-electron chi connectivity index (χ0n) is 21.5. The number of hydrogen-bond donors (Lipinski definition) is 1. The molecule has 7 rings (SSSR count). The average molecular weight is 477 g/mol. The summed E-state index contributed by atoms with van der Waals surface area (Å²) in [6, 6.07) is 5.90. The normalized spacial score (nSPS) is 45.8. The first kappa shape index (κ1) is 22.3. The number of methoxy groups -OCH3 is 1. The van der Waals surface area contributed by atoms with E-state index in [2.05, 4.69) is 6.92 Å². The maximum atomic E-state index is 13.9. The Hall–Kier alpha value is -1.88. The van der Waals surface area contributed by atoms with E-state index in [4.69, 9.17) is 9.84 Å².